The normalized spacial score (nSPS) is 10.4. The molecular formula is C12H22N4. The first-order valence-corrected chi connectivity index (χ1v) is 6.10. The van der Waals surface area contributed by atoms with E-state index in [-0.39, 0.29) is 0 Å². The summed E-state index contributed by atoms with van der Waals surface area (Å²) in [6.07, 6.45) is 7.96. The zero-order chi connectivity index (χ0) is 11.8. The number of nitrogens with two attached hydrogens (primary N) is 1. The van der Waals surface area contributed by atoms with Gasteiger partial charge in [-0.3, -0.25) is 0 Å². The predicted octanol–water partition coefficient (Wildman–Crippen LogP) is 2.47. The number of hydrogen-bond donors (Lipinski definition) is 1. The van der Waals surface area contributed by atoms with Crippen LogP contribution in [0.1, 0.15) is 39.5 Å². The van der Waals surface area contributed by atoms with E-state index in [4.69, 9.17) is 5.73 Å². The first kappa shape index (κ1) is 12.7. The highest BCUT2D eigenvalue weighted by Gasteiger charge is 2.09. The van der Waals surface area contributed by atoms with Gasteiger partial charge in [0.25, 0.3) is 0 Å². The Kier molecular flexibility index (Phi) is 5.61. The molecule has 0 bridgehead atoms. The zero-order valence-corrected chi connectivity index (χ0v) is 10.3. The van der Waals surface area contributed by atoms with Gasteiger partial charge < -0.3 is 10.6 Å². The number of nitrogen functional groups attached to an aromatic ring is 1. The quantitative estimate of drug-likeness (QED) is 0.770. The van der Waals surface area contributed by atoms with Crippen molar-refractivity contribution in [3.63, 3.8) is 0 Å². The smallest absolute Gasteiger partial charge is 0.155 e. The Hall–Kier alpha value is -1.32. The molecule has 0 aromatic carbocycles. The molecule has 0 unspecified atom stereocenters. The van der Waals surface area contributed by atoms with E-state index in [1.165, 1.54) is 25.7 Å². The minimum Gasteiger partial charge on any atom is -0.394 e. The fraction of sp³-hybridized carbons (Fsp3) is 0.667. The van der Waals surface area contributed by atoms with Crippen LogP contribution in [-0.4, -0.2) is 23.1 Å². The van der Waals surface area contributed by atoms with Crippen molar-refractivity contribution < 1.29 is 0 Å². The van der Waals surface area contributed by atoms with Crippen molar-refractivity contribution in [1.29, 1.82) is 0 Å². The Morgan fingerprint density at radius 1 is 1.19 bits per heavy atom. The maximum absolute atomic E-state index is 5.90. The molecule has 1 rings (SSSR count). The van der Waals surface area contributed by atoms with Gasteiger partial charge in [-0.05, 0) is 12.8 Å². The van der Waals surface area contributed by atoms with Gasteiger partial charge in [-0.2, -0.15) is 0 Å². The van der Waals surface area contributed by atoms with Crippen LogP contribution in [0.15, 0.2) is 12.5 Å². The van der Waals surface area contributed by atoms with Crippen molar-refractivity contribution in [1.82, 2.24) is 9.97 Å². The van der Waals surface area contributed by atoms with Crippen molar-refractivity contribution in [2.45, 2.75) is 39.5 Å². The highest BCUT2D eigenvalue weighted by Crippen LogP contribution is 2.19. The van der Waals surface area contributed by atoms with Crippen molar-refractivity contribution >= 4 is 11.5 Å². The van der Waals surface area contributed by atoms with Crippen molar-refractivity contribution in [2.75, 3.05) is 23.7 Å². The molecule has 90 valence electrons. The highest BCUT2D eigenvalue weighted by molar-refractivity contribution is 5.60. The number of unbranched alkanes of at least 4 members (excludes halogenated alkanes) is 2. The van der Waals surface area contributed by atoms with Crippen LogP contribution in [0.5, 0.6) is 0 Å². The van der Waals surface area contributed by atoms with Gasteiger partial charge in [-0.15, -0.1) is 0 Å². The van der Waals surface area contributed by atoms with E-state index in [0.717, 1.165) is 18.9 Å². The van der Waals surface area contributed by atoms with Crippen LogP contribution in [0.4, 0.5) is 11.5 Å². The summed E-state index contributed by atoms with van der Waals surface area (Å²) in [5.41, 5.74) is 6.57. The Balaban J connectivity index is 2.70. The molecular weight excluding hydrogens is 200 g/mol. The third kappa shape index (κ3) is 3.68. The molecule has 0 spiro atoms. The Morgan fingerprint density at radius 3 is 2.31 bits per heavy atom. The van der Waals surface area contributed by atoms with E-state index in [1.807, 2.05) is 0 Å². The molecule has 0 aliphatic heterocycles. The summed E-state index contributed by atoms with van der Waals surface area (Å²) in [6.45, 7) is 6.44. The van der Waals surface area contributed by atoms with Crippen LogP contribution in [0.2, 0.25) is 0 Å². The fourth-order valence-corrected chi connectivity index (χ4v) is 1.62. The van der Waals surface area contributed by atoms with E-state index in [1.54, 1.807) is 12.5 Å². The van der Waals surface area contributed by atoms with Gasteiger partial charge in [0.2, 0.25) is 0 Å². The Labute approximate surface area is 97.9 Å². The van der Waals surface area contributed by atoms with Crippen LogP contribution in [0.3, 0.4) is 0 Å². The lowest BCUT2D eigenvalue weighted by Crippen LogP contribution is -2.27. The summed E-state index contributed by atoms with van der Waals surface area (Å²) in [5, 5.41) is 0. The van der Waals surface area contributed by atoms with Crippen molar-refractivity contribution in [2.24, 2.45) is 0 Å². The van der Waals surface area contributed by atoms with Crippen molar-refractivity contribution in [3.8, 4) is 0 Å². The lowest BCUT2D eigenvalue weighted by Gasteiger charge is -2.24. The number of aromatic nitrogens is 2. The minimum absolute atomic E-state index is 0.676. The lowest BCUT2D eigenvalue weighted by atomic mass is 10.2. The van der Waals surface area contributed by atoms with Crippen LogP contribution in [-0.2, 0) is 0 Å². The molecule has 0 saturated carbocycles. The molecule has 2 N–H and O–H groups in total. The molecule has 16 heavy (non-hydrogen) atoms. The number of nitrogens with zero attached hydrogens (tertiary/aromatic N) is 3. The summed E-state index contributed by atoms with van der Waals surface area (Å²) >= 11 is 0. The molecule has 0 aliphatic rings. The average Bonchev–Trinajstić information content (AvgIpc) is 2.31. The summed E-state index contributed by atoms with van der Waals surface area (Å²) in [6, 6.07) is 0. The van der Waals surface area contributed by atoms with Crippen LogP contribution < -0.4 is 10.6 Å². The molecule has 0 fully saturated rings. The second kappa shape index (κ2) is 7.04. The average molecular weight is 222 g/mol. The van der Waals surface area contributed by atoms with Crippen LogP contribution in [0.25, 0.3) is 0 Å². The lowest BCUT2D eigenvalue weighted by molar-refractivity contribution is 0.671. The van der Waals surface area contributed by atoms with E-state index in [2.05, 4.69) is 28.7 Å². The summed E-state index contributed by atoms with van der Waals surface area (Å²) in [7, 11) is 0. The molecule has 4 heteroatoms. The topological polar surface area (TPSA) is 55.0 Å². The SMILES string of the molecule is CCCCN(CCCC)c1ncncc1N. The van der Waals surface area contributed by atoms with Gasteiger partial charge in [0.15, 0.2) is 5.82 Å². The van der Waals surface area contributed by atoms with Gasteiger partial charge in [-0.25, -0.2) is 9.97 Å². The minimum atomic E-state index is 0.676. The molecule has 0 amide bonds. The maximum Gasteiger partial charge on any atom is 0.155 e. The van der Waals surface area contributed by atoms with Gasteiger partial charge in [0, 0.05) is 13.1 Å². The standard InChI is InChI=1S/C12H22N4/c1-3-5-7-16(8-6-4-2)12-11(13)9-14-10-15-12/h9-10H,3-8,13H2,1-2H3. The first-order valence-electron chi connectivity index (χ1n) is 6.10. The van der Waals surface area contributed by atoms with E-state index < -0.39 is 0 Å². The third-order valence-corrected chi connectivity index (χ3v) is 2.58. The van der Waals surface area contributed by atoms with Crippen LogP contribution in [0, 0.1) is 0 Å². The monoisotopic (exact) mass is 222 g/mol. The molecule has 1 aromatic heterocycles. The maximum atomic E-state index is 5.90. The molecule has 0 saturated heterocycles. The summed E-state index contributed by atoms with van der Waals surface area (Å²) < 4.78 is 0. The third-order valence-electron chi connectivity index (χ3n) is 2.58. The summed E-state index contributed by atoms with van der Waals surface area (Å²) in [4.78, 5) is 10.5. The molecule has 0 radical (unpaired) electrons. The van der Waals surface area contributed by atoms with Gasteiger partial charge in [0.05, 0.1) is 11.9 Å². The zero-order valence-electron chi connectivity index (χ0n) is 10.3. The molecule has 4 nitrogen and oxygen atoms in total. The van der Waals surface area contributed by atoms with Gasteiger partial charge in [0.1, 0.15) is 6.33 Å². The number of hydrogen-bond acceptors (Lipinski definition) is 4. The van der Waals surface area contributed by atoms with E-state index in [0.29, 0.717) is 5.69 Å². The first-order chi connectivity index (χ1) is 7.79. The van der Waals surface area contributed by atoms with E-state index in [9.17, 15) is 0 Å². The Morgan fingerprint density at radius 2 is 1.81 bits per heavy atom. The predicted molar refractivity (Wildman–Crippen MR) is 68.5 cm³/mol. The van der Waals surface area contributed by atoms with Crippen molar-refractivity contribution in [3.05, 3.63) is 12.5 Å². The highest BCUT2D eigenvalue weighted by atomic mass is 15.2. The van der Waals surface area contributed by atoms with Gasteiger partial charge >= 0.3 is 0 Å². The van der Waals surface area contributed by atoms with Gasteiger partial charge in [-0.1, -0.05) is 26.7 Å². The number of rotatable bonds is 7. The van der Waals surface area contributed by atoms with Crippen LogP contribution >= 0.6 is 0 Å². The fourth-order valence-electron chi connectivity index (χ4n) is 1.62. The Bertz CT molecular complexity index is 293. The molecule has 1 aromatic rings. The van der Waals surface area contributed by atoms with E-state index >= 15 is 0 Å². The number of anilines is 2. The second-order valence-electron chi connectivity index (χ2n) is 4.00. The molecule has 1 heterocycles. The second-order valence-corrected chi connectivity index (χ2v) is 4.00. The molecule has 0 atom stereocenters. The largest absolute Gasteiger partial charge is 0.394 e. The summed E-state index contributed by atoms with van der Waals surface area (Å²) in [5.74, 6) is 0.886. The molecule has 0 aliphatic carbocycles.